The largest absolute Gasteiger partial charge is 0.495 e. The highest BCUT2D eigenvalue weighted by molar-refractivity contribution is 7.98. The van der Waals surface area contributed by atoms with E-state index in [1.54, 1.807) is 23.4 Å². The molecule has 0 atom stereocenters. The molecule has 0 aliphatic heterocycles. The highest BCUT2D eigenvalue weighted by atomic mass is 32.2. The van der Waals surface area contributed by atoms with Gasteiger partial charge in [-0.1, -0.05) is 18.1 Å². The monoisotopic (exact) mass is 414 g/mol. The van der Waals surface area contributed by atoms with Crippen LogP contribution in [0.4, 0.5) is 14.5 Å². The van der Waals surface area contributed by atoms with Crippen LogP contribution in [0, 0.1) is 18.8 Å². The number of nitrogens with one attached hydrogen (secondary N) is 1. The molecule has 0 radical (unpaired) electrons. The smallest absolute Gasteiger partial charge is 0.262 e. The maximum Gasteiger partial charge on any atom is 0.262 e. The van der Waals surface area contributed by atoms with E-state index in [-0.39, 0.29) is 0 Å². The van der Waals surface area contributed by atoms with Crippen molar-refractivity contribution < 1.29 is 13.5 Å². The van der Waals surface area contributed by atoms with Crippen LogP contribution in [0.15, 0.2) is 47.4 Å². The van der Waals surface area contributed by atoms with E-state index in [4.69, 9.17) is 4.74 Å². The standard InChI is InChI=1S/C23H24F2N2OS/c1-16-7-5-9-21-19(16)13-17(27(21)15-23(2,24)25)8-6-12-26-20-11-10-18(29-4)14-22(20)28-3/h5,7,9-11,13-14,26H,12,15H2,1-4H3. The molecule has 0 aliphatic rings. The Kier molecular flexibility index (Phi) is 6.39. The van der Waals surface area contributed by atoms with Crippen molar-refractivity contribution in [3.63, 3.8) is 0 Å². The van der Waals surface area contributed by atoms with Crippen molar-refractivity contribution in [1.82, 2.24) is 4.57 Å². The van der Waals surface area contributed by atoms with Gasteiger partial charge < -0.3 is 14.6 Å². The van der Waals surface area contributed by atoms with E-state index in [0.717, 1.165) is 39.7 Å². The Hall–Kier alpha value is -2.65. The molecule has 3 nitrogen and oxygen atoms in total. The zero-order valence-corrected chi connectivity index (χ0v) is 17.8. The van der Waals surface area contributed by atoms with Crippen molar-refractivity contribution in [2.75, 3.05) is 25.2 Å². The molecule has 0 spiro atoms. The number of ether oxygens (including phenoxy) is 1. The Morgan fingerprint density at radius 1 is 1.21 bits per heavy atom. The van der Waals surface area contributed by atoms with Gasteiger partial charge in [-0.3, -0.25) is 0 Å². The van der Waals surface area contributed by atoms with Crippen LogP contribution >= 0.6 is 11.8 Å². The van der Waals surface area contributed by atoms with Crippen LogP contribution < -0.4 is 10.1 Å². The van der Waals surface area contributed by atoms with E-state index in [1.165, 1.54) is 0 Å². The lowest BCUT2D eigenvalue weighted by atomic mass is 10.1. The Morgan fingerprint density at radius 3 is 2.69 bits per heavy atom. The molecule has 29 heavy (non-hydrogen) atoms. The average molecular weight is 415 g/mol. The van der Waals surface area contributed by atoms with Crippen LogP contribution in [0.2, 0.25) is 0 Å². The summed E-state index contributed by atoms with van der Waals surface area (Å²) >= 11 is 1.64. The number of thioether (sulfide) groups is 1. The lowest BCUT2D eigenvalue weighted by molar-refractivity contribution is 0.00490. The second-order valence-corrected chi connectivity index (χ2v) is 7.79. The number of hydrogen-bond acceptors (Lipinski definition) is 3. The van der Waals surface area contributed by atoms with Gasteiger partial charge in [-0.15, -0.1) is 11.8 Å². The molecule has 0 saturated carbocycles. The highest BCUT2D eigenvalue weighted by Crippen LogP contribution is 2.29. The number of aryl methyl sites for hydroxylation is 1. The van der Waals surface area contributed by atoms with Gasteiger partial charge in [0.05, 0.1) is 31.6 Å². The van der Waals surface area contributed by atoms with Crippen molar-refractivity contribution in [3.8, 4) is 17.6 Å². The van der Waals surface area contributed by atoms with Gasteiger partial charge in [0.2, 0.25) is 0 Å². The van der Waals surface area contributed by atoms with Crippen molar-refractivity contribution in [3.05, 3.63) is 53.7 Å². The molecule has 1 N–H and O–H groups in total. The zero-order valence-electron chi connectivity index (χ0n) is 17.0. The number of fused-ring (bicyclic) bond motifs is 1. The molecule has 0 unspecified atom stereocenters. The third kappa shape index (κ3) is 5.04. The Morgan fingerprint density at radius 2 is 2.00 bits per heavy atom. The quantitative estimate of drug-likeness (QED) is 0.408. The van der Waals surface area contributed by atoms with Gasteiger partial charge in [0.25, 0.3) is 5.92 Å². The molecular weight excluding hydrogens is 390 g/mol. The summed E-state index contributed by atoms with van der Waals surface area (Å²) in [4.78, 5) is 1.11. The van der Waals surface area contributed by atoms with Crippen LogP contribution in [-0.2, 0) is 6.54 Å². The number of hydrogen-bond donors (Lipinski definition) is 1. The van der Waals surface area contributed by atoms with Crippen molar-refractivity contribution in [1.29, 1.82) is 0 Å². The van der Waals surface area contributed by atoms with Crippen LogP contribution in [0.1, 0.15) is 18.2 Å². The zero-order chi connectivity index (χ0) is 21.0. The molecular formula is C23H24F2N2OS. The van der Waals surface area contributed by atoms with E-state index in [2.05, 4.69) is 17.2 Å². The van der Waals surface area contributed by atoms with Crippen LogP contribution in [0.3, 0.4) is 0 Å². The van der Waals surface area contributed by atoms with Crippen molar-refractivity contribution >= 4 is 28.4 Å². The lowest BCUT2D eigenvalue weighted by Gasteiger charge is -2.14. The molecule has 0 bridgehead atoms. The number of nitrogens with zero attached hydrogens (tertiary/aromatic N) is 1. The first-order valence-electron chi connectivity index (χ1n) is 9.24. The summed E-state index contributed by atoms with van der Waals surface area (Å²) in [5.74, 6) is 4.03. The summed E-state index contributed by atoms with van der Waals surface area (Å²) < 4.78 is 34.5. The average Bonchev–Trinajstić information content (AvgIpc) is 3.02. The van der Waals surface area contributed by atoms with Gasteiger partial charge in [0, 0.05) is 22.7 Å². The number of methoxy groups -OCH3 is 1. The van der Waals surface area contributed by atoms with Crippen LogP contribution in [-0.4, -0.2) is 30.4 Å². The van der Waals surface area contributed by atoms with E-state index in [9.17, 15) is 8.78 Å². The third-order valence-electron chi connectivity index (χ3n) is 4.59. The van der Waals surface area contributed by atoms with Gasteiger partial charge in [-0.2, -0.15) is 0 Å². The second-order valence-electron chi connectivity index (χ2n) is 6.92. The number of alkyl halides is 2. The van der Waals surface area contributed by atoms with E-state index in [1.807, 2.05) is 55.6 Å². The summed E-state index contributed by atoms with van der Waals surface area (Å²) in [6, 6.07) is 13.5. The molecule has 2 aromatic carbocycles. The first-order chi connectivity index (χ1) is 13.8. The predicted molar refractivity (Wildman–Crippen MR) is 117 cm³/mol. The molecule has 0 amide bonds. The molecule has 3 rings (SSSR count). The molecule has 0 fully saturated rings. The summed E-state index contributed by atoms with van der Waals surface area (Å²) in [6.07, 6.45) is 2.01. The van der Waals surface area contributed by atoms with E-state index >= 15 is 0 Å². The fourth-order valence-electron chi connectivity index (χ4n) is 3.20. The normalized spacial score (nSPS) is 11.2. The molecule has 1 heterocycles. The van der Waals surface area contributed by atoms with Crippen LogP contribution in [0.5, 0.6) is 5.75 Å². The summed E-state index contributed by atoms with van der Waals surface area (Å²) in [7, 11) is 1.63. The SMILES string of the molecule is COc1cc(SC)ccc1NCC#Cc1cc2c(C)cccc2n1CC(C)(F)F. The topological polar surface area (TPSA) is 26.2 Å². The van der Waals surface area contributed by atoms with Gasteiger partial charge in [0.1, 0.15) is 5.75 Å². The molecule has 1 aromatic heterocycles. The number of aromatic nitrogens is 1. The number of rotatable bonds is 6. The van der Waals surface area contributed by atoms with Gasteiger partial charge in [-0.05, 0) is 55.0 Å². The fraction of sp³-hybridized carbons (Fsp3) is 0.304. The second kappa shape index (κ2) is 8.79. The highest BCUT2D eigenvalue weighted by Gasteiger charge is 2.24. The van der Waals surface area contributed by atoms with Crippen molar-refractivity contribution in [2.24, 2.45) is 0 Å². The molecule has 0 saturated heterocycles. The van der Waals surface area contributed by atoms with Gasteiger partial charge >= 0.3 is 0 Å². The number of halogens is 2. The minimum Gasteiger partial charge on any atom is -0.495 e. The maximum absolute atomic E-state index is 13.8. The van der Waals surface area contributed by atoms with E-state index in [0.29, 0.717) is 12.2 Å². The Labute approximate surface area is 174 Å². The maximum atomic E-state index is 13.8. The molecule has 0 aliphatic carbocycles. The van der Waals surface area contributed by atoms with Gasteiger partial charge in [-0.25, -0.2) is 8.78 Å². The molecule has 152 valence electrons. The first kappa shape index (κ1) is 21.1. The minimum atomic E-state index is -2.82. The lowest BCUT2D eigenvalue weighted by Crippen LogP contribution is -2.20. The van der Waals surface area contributed by atoms with Crippen LogP contribution in [0.25, 0.3) is 10.9 Å². The van der Waals surface area contributed by atoms with E-state index < -0.39 is 12.5 Å². The third-order valence-corrected chi connectivity index (χ3v) is 5.32. The van der Waals surface area contributed by atoms with Crippen molar-refractivity contribution in [2.45, 2.75) is 31.2 Å². The number of benzene rings is 2. The number of anilines is 1. The molecule has 6 heteroatoms. The van der Waals surface area contributed by atoms with Gasteiger partial charge in [0.15, 0.2) is 0 Å². The first-order valence-corrected chi connectivity index (χ1v) is 10.5. The molecule has 3 aromatic rings. The Balaban J connectivity index is 1.85. The Bertz CT molecular complexity index is 1070. The minimum absolute atomic E-state index is 0.373. The summed E-state index contributed by atoms with van der Waals surface area (Å²) in [5.41, 5.74) is 3.25. The fourth-order valence-corrected chi connectivity index (χ4v) is 3.63. The summed E-state index contributed by atoms with van der Waals surface area (Å²) in [6.45, 7) is 2.87. The predicted octanol–water partition coefficient (Wildman–Crippen LogP) is 5.80. The summed E-state index contributed by atoms with van der Waals surface area (Å²) in [5, 5.41) is 4.18.